The number of fused-ring (bicyclic) bond motifs is 1. The van der Waals surface area contributed by atoms with Gasteiger partial charge >= 0.3 is 15.9 Å². The third-order valence-corrected chi connectivity index (χ3v) is 6.63. The Labute approximate surface area is 201 Å². The summed E-state index contributed by atoms with van der Waals surface area (Å²) >= 11 is -0.704. The molecule has 4 aromatic carbocycles. The first kappa shape index (κ1) is 21.3. The highest BCUT2D eigenvalue weighted by Gasteiger charge is 2.20. The van der Waals surface area contributed by atoms with Crippen molar-refractivity contribution in [2.24, 2.45) is 7.05 Å². The summed E-state index contributed by atoms with van der Waals surface area (Å²) < 4.78 is 14.4. The summed E-state index contributed by atoms with van der Waals surface area (Å²) in [6, 6.07) is 37.4. The molecule has 0 amide bonds. The molecule has 159 valence electrons. The summed E-state index contributed by atoms with van der Waals surface area (Å²) in [7, 11) is 2.08. The smallest absolute Gasteiger partial charge is 0.616 e. The molecule has 0 saturated carbocycles. The molecule has 0 aliphatic rings. The maximum Gasteiger partial charge on any atom is 0.882 e. The molecule has 33 heavy (non-hydrogen) atoms. The molecule has 1 radical (unpaired) electrons. The minimum atomic E-state index is -0.704. The predicted octanol–water partition coefficient (Wildman–Crippen LogP) is 6.30. The fourth-order valence-corrected chi connectivity index (χ4v) is 4.70. The zero-order chi connectivity index (χ0) is 22.6. The molecule has 0 bridgehead atoms. The number of benzene rings is 4. The van der Waals surface area contributed by atoms with Gasteiger partial charge in [-0.25, -0.2) is 0 Å². The fraction of sp³-hybridized carbons (Fsp3) is 0.0690. The third kappa shape index (κ3) is 4.50. The molecule has 0 aliphatic heterocycles. The van der Waals surface area contributed by atoms with E-state index in [4.69, 9.17) is 7.58 Å². The number of rotatable bonds is 6. The fourth-order valence-electron chi connectivity index (χ4n) is 4.09. The Kier molecular flexibility index (Phi) is 6.13. The molecule has 5 aromatic rings. The van der Waals surface area contributed by atoms with Crippen molar-refractivity contribution < 1.29 is 12.1 Å². The summed E-state index contributed by atoms with van der Waals surface area (Å²) in [6.45, 7) is 2.13. The minimum Gasteiger partial charge on any atom is -0.616 e. The van der Waals surface area contributed by atoms with E-state index in [1.165, 1.54) is 33.3 Å². The lowest BCUT2D eigenvalue weighted by molar-refractivity contribution is -0.651. The second kappa shape index (κ2) is 9.50. The molecule has 3 nitrogen and oxygen atoms in total. The predicted molar refractivity (Wildman–Crippen MR) is 134 cm³/mol. The van der Waals surface area contributed by atoms with E-state index >= 15 is 0 Å². The minimum absolute atomic E-state index is 0.704. The van der Waals surface area contributed by atoms with Crippen LogP contribution in [0.3, 0.4) is 0 Å². The summed E-state index contributed by atoms with van der Waals surface area (Å²) in [4.78, 5) is 0. The number of hydrogen-bond acceptors (Lipinski definition) is 2. The van der Waals surface area contributed by atoms with E-state index in [0.717, 1.165) is 17.0 Å². The van der Waals surface area contributed by atoms with Crippen LogP contribution < -0.4 is 12.1 Å². The van der Waals surface area contributed by atoms with E-state index in [0.29, 0.717) is 0 Å². The Morgan fingerprint density at radius 2 is 1.27 bits per heavy atom. The number of pyridine rings is 1. The molecule has 5 rings (SSSR count). The maximum absolute atomic E-state index is 6.21. The van der Waals surface area contributed by atoms with Crippen LogP contribution in [0.25, 0.3) is 33.2 Å². The Bertz CT molecular complexity index is 1380. The van der Waals surface area contributed by atoms with Crippen molar-refractivity contribution >= 4 is 26.8 Å². The second-order valence-electron chi connectivity index (χ2n) is 8.00. The van der Waals surface area contributed by atoms with Crippen LogP contribution in [0.2, 0.25) is 0 Å². The van der Waals surface area contributed by atoms with Gasteiger partial charge in [-0.2, -0.15) is 4.57 Å². The van der Waals surface area contributed by atoms with Gasteiger partial charge < -0.3 is 7.58 Å². The van der Waals surface area contributed by atoms with Crippen molar-refractivity contribution in [3.63, 3.8) is 0 Å². The Hall–Kier alpha value is -3.58. The van der Waals surface area contributed by atoms with Gasteiger partial charge in [-0.3, -0.25) is 0 Å². The summed E-state index contributed by atoms with van der Waals surface area (Å²) in [5, 5.41) is 1.17. The number of para-hydroxylation sites is 1. The van der Waals surface area contributed by atoms with E-state index in [1.54, 1.807) is 0 Å². The molecule has 0 fully saturated rings. The van der Waals surface area contributed by atoms with Gasteiger partial charge in [0.1, 0.15) is 7.05 Å². The number of hydrogen-bond donors (Lipinski definition) is 0. The van der Waals surface area contributed by atoms with Crippen molar-refractivity contribution in [1.29, 1.82) is 0 Å². The molecule has 0 saturated heterocycles. The zero-order valence-corrected chi connectivity index (χ0v) is 19.9. The Morgan fingerprint density at radius 3 is 1.97 bits per heavy atom. The normalized spacial score (nSPS) is 10.7. The van der Waals surface area contributed by atoms with E-state index in [9.17, 15) is 0 Å². The topological polar surface area (TPSA) is 22.3 Å². The van der Waals surface area contributed by atoms with Crippen LogP contribution in [0.15, 0.2) is 109 Å². The van der Waals surface area contributed by atoms with Gasteiger partial charge in [-0.15, -0.1) is 0 Å². The zero-order valence-electron chi connectivity index (χ0n) is 18.7. The average molecular weight is 445 g/mol. The Morgan fingerprint density at radius 1 is 0.636 bits per heavy atom. The highest BCUT2D eigenvalue weighted by molar-refractivity contribution is 6.21. The molecular formula is C29H24AlNO2+. The monoisotopic (exact) mass is 445 g/mol. The third-order valence-electron chi connectivity index (χ3n) is 5.91. The SMILES string of the molecule is Cc1cc(-c2ccccc2)c2cccc([O][Al][O]c3ccc(-c4ccccc4)cc3)c2[n+]1C. The number of nitrogens with zero attached hydrogens (tertiary/aromatic N) is 1. The van der Waals surface area contributed by atoms with Crippen LogP contribution >= 0.6 is 0 Å². The van der Waals surface area contributed by atoms with Crippen LogP contribution in [0, 0.1) is 6.92 Å². The average Bonchev–Trinajstić information content (AvgIpc) is 2.87. The maximum atomic E-state index is 6.21. The molecule has 0 spiro atoms. The van der Waals surface area contributed by atoms with Gasteiger partial charge in [-0.1, -0.05) is 78.9 Å². The van der Waals surface area contributed by atoms with Crippen LogP contribution in [0.1, 0.15) is 5.69 Å². The van der Waals surface area contributed by atoms with Crippen molar-refractivity contribution in [3.05, 3.63) is 115 Å². The number of aryl methyl sites for hydroxylation is 2. The quantitative estimate of drug-likeness (QED) is 0.226. The highest BCUT2D eigenvalue weighted by Crippen LogP contribution is 2.32. The summed E-state index contributed by atoms with van der Waals surface area (Å²) in [6.07, 6.45) is 0. The first-order valence-electron chi connectivity index (χ1n) is 11.0. The summed E-state index contributed by atoms with van der Waals surface area (Å²) in [5.74, 6) is 1.65. The van der Waals surface area contributed by atoms with Crippen molar-refractivity contribution in [3.8, 4) is 33.8 Å². The van der Waals surface area contributed by atoms with Gasteiger partial charge in [0.2, 0.25) is 0 Å². The van der Waals surface area contributed by atoms with Gasteiger partial charge in [0.15, 0.2) is 11.4 Å². The van der Waals surface area contributed by atoms with Crippen LogP contribution in [0.4, 0.5) is 0 Å². The van der Waals surface area contributed by atoms with Gasteiger partial charge in [0, 0.05) is 18.6 Å². The molecule has 1 heterocycles. The molecular weight excluding hydrogens is 421 g/mol. The molecule has 0 aliphatic carbocycles. The molecule has 0 unspecified atom stereocenters. The van der Waals surface area contributed by atoms with Crippen LogP contribution in [0.5, 0.6) is 11.5 Å². The molecule has 0 atom stereocenters. The molecule has 0 N–H and O–H groups in total. The van der Waals surface area contributed by atoms with Gasteiger partial charge in [0.05, 0.1) is 11.1 Å². The van der Waals surface area contributed by atoms with Crippen LogP contribution in [-0.4, -0.2) is 15.9 Å². The summed E-state index contributed by atoms with van der Waals surface area (Å²) in [5.41, 5.74) is 7.02. The lowest BCUT2D eigenvalue weighted by Gasteiger charge is -2.13. The lowest BCUT2D eigenvalue weighted by Crippen LogP contribution is -2.33. The first-order valence-corrected chi connectivity index (χ1v) is 11.9. The van der Waals surface area contributed by atoms with Crippen LogP contribution in [-0.2, 0) is 7.05 Å². The highest BCUT2D eigenvalue weighted by atomic mass is 27.2. The second-order valence-corrected chi connectivity index (χ2v) is 8.66. The molecule has 1 aromatic heterocycles. The van der Waals surface area contributed by atoms with Crippen molar-refractivity contribution in [1.82, 2.24) is 0 Å². The van der Waals surface area contributed by atoms with E-state index in [-0.39, 0.29) is 0 Å². The van der Waals surface area contributed by atoms with E-state index in [1.807, 2.05) is 48.5 Å². The standard InChI is InChI=1S/C17H15NO.C12H10O.Al/c1-12-11-15(13-7-4-3-5-8-13)14-9-6-10-16(19)17(14)18(12)2;13-12-8-6-11(7-9-12)10-4-2-1-3-5-10;/h3-11H,1-2H3;1-9,13H;/q;;+2/p-1. The number of aromatic nitrogens is 1. The van der Waals surface area contributed by atoms with Crippen molar-refractivity contribution in [2.75, 3.05) is 0 Å². The van der Waals surface area contributed by atoms with Gasteiger partial charge in [-0.05, 0) is 41.0 Å². The van der Waals surface area contributed by atoms with Gasteiger partial charge in [0.25, 0.3) is 5.52 Å². The van der Waals surface area contributed by atoms with E-state index < -0.39 is 15.9 Å². The largest absolute Gasteiger partial charge is 0.882 e. The molecule has 4 heteroatoms. The first-order chi connectivity index (χ1) is 16.2. The van der Waals surface area contributed by atoms with E-state index in [2.05, 4.69) is 79.2 Å². The Balaban J connectivity index is 1.38. The lowest BCUT2D eigenvalue weighted by atomic mass is 9.99. The van der Waals surface area contributed by atoms with Crippen molar-refractivity contribution in [2.45, 2.75) is 6.92 Å².